The number of allylic oxidation sites excluding steroid dienone is 1. The summed E-state index contributed by atoms with van der Waals surface area (Å²) in [7, 11) is 1.61. The third kappa shape index (κ3) is 4.05. The van der Waals surface area contributed by atoms with Crippen LogP contribution in [0.15, 0.2) is 59.8 Å². The molecule has 0 spiro atoms. The minimum Gasteiger partial charge on any atom is -0.495 e. The minimum absolute atomic E-state index is 0.0759. The molecule has 0 radical (unpaired) electrons. The number of methoxy groups -OCH3 is 1. The van der Waals surface area contributed by atoms with E-state index in [0.29, 0.717) is 48.3 Å². The van der Waals surface area contributed by atoms with E-state index in [1.54, 1.807) is 24.1 Å². The molecule has 1 atom stereocenters. The van der Waals surface area contributed by atoms with Crippen LogP contribution in [0.4, 0.5) is 5.69 Å². The molecule has 0 saturated carbocycles. The Morgan fingerprint density at radius 3 is 2.69 bits per heavy atom. The van der Waals surface area contributed by atoms with Crippen LogP contribution in [0.1, 0.15) is 24.1 Å². The van der Waals surface area contributed by atoms with Gasteiger partial charge in [-0.15, -0.1) is 0 Å². The molecule has 2 heterocycles. The number of nitrogens with one attached hydrogen (secondary N) is 1. The van der Waals surface area contributed by atoms with Gasteiger partial charge in [0, 0.05) is 18.8 Å². The first-order valence-electron chi connectivity index (χ1n) is 10.4. The smallest absolute Gasteiger partial charge is 0.254 e. The standard InChI is InChI=1S/C24H24N4O3S/c1-16-21(23(29)27-10-12-31-13-11-27)22(18-7-5-6-17(14-18)15-25)26-24(32)28(16)19-8-3-4-9-20(19)30-2/h3-9,14,22H,10-13H2,1-2H3,(H,26,32)/t22-/m1/s1. The highest BCUT2D eigenvalue weighted by molar-refractivity contribution is 7.80. The lowest BCUT2D eigenvalue weighted by Gasteiger charge is -2.40. The molecule has 1 saturated heterocycles. The first kappa shape index (κ1) is 21.8. The number of thiocarbonyl (C=S) groups is 1. The molecule has 32 heavy (non-hydrogen) atoms. The van der Waals surface area contributed by atoms with Crippen LogP contribution >= 0.6 is 12.2 Å². The third-order valence-corrected chi connectivity index (χ3v) is 5.99. The number of para-hydroxylation sites is 2. The van der Waals surface area contributed by atoms with E-state index in [0.717, 1.165) is 16.9 Å². The number of hydrogen-bond acceptors (Lipinski definition) is 5. The van der Waals surface area contributed by atoms with Crippen molar-refractivity contribution in [3.05, 3.63) is 70.9 Å². The van der Waals surface area contributed by atoms with E-state index in [1.165, 1.54) is 0 Å². The van der Waals surface area contributed by atoms with Gasteiger partial charge in [0.25, 0.3) is 5.91 Å². The van der Waals surface area contributed by atoms with Gasteiger partial charge in [-0.1, -0.05) is 24.3 Å². The Morgan fingerprint density at radius 2 is 1.97 bits per heavy atom. The van der Waals surface area contributed by atoms with Crippen molar-refractivity contribution in [2.45, 2.75) is 13.0 Å². The SMILES string of the molecule is COc1ccccc1N1C(=S)N[C@H](c2cccc(C#N)c2)C(C(=O)N2CCOCC2)=C1C. The van der Waals surface area contributed by atoms with Crippen LogP contribution in [0.3, 0.4) is 0 Å². The molecular formula is C24H24N4O3S. The first-order chi connectivity index (χ1) is 15.5. The van der Waals surface area contributed by atoms with E-state index in [2.05, 4.69) is 11.4 Å². The summed E-state index contributed by atoms with van der Waals surface area (Å²) in [5.41, 5.74) is 3.39. The summed E-state index contributed by atoms with van der Waals surface area (Å²) in [6.07, 6.45) is 0. The second kappa shape index (κ2) is 9.39. The summed E-state index contributed by atoms with van der Waals surface area (Å²) in [6.45, 7) is 3.97. The van der Waals surface area contributed by atoms with Gasteiger partial charge in [-0.3, -0.25) is 9.69 Å². The molecule has 0 aliphatic carbocycles. The number of rotatable bonds is 4. The van der Waals surface area contributed by atoms with Gasteiger partial charge in [0.05, 0.1) is 49.3 Å². The molecule has 2 aliphatic rings. The second-order valence-electron chi connectivity index (χ2n) is 7.53. The number of benzene rings is 2. The molecule has 0 aromatic heterocycles. The van der Waals surface area contributed by atoms with Crippen LogP contribution in [0.5, 0.6) is 5.75 Å². The van der Waals surface area contributed by atoms with Crippen LogP contribution in [0.2, 0.25) is 0 Å². The number of nitriles is 1. The van der Waals surface area contributed by atoms with Crippen molar-refractivity contribution in [2.75, 3.05) is 38.3 Å². The fourth-order valence-corrected chi connectivity index (χ4v) is 4.45. The second-order valence-corrected chi connectivity index (χ2v) is 7.92. The summed E-state index contributed by atoms with van der Waals surface area (Å²) < 4.78 is 11.0. The van der Waals surface area contributed by atoms with E-state index >= 15 is 0 Å². The molecule has 1 N–H and O–H groups in total. The van der Waals surface area contributed by atoms with E-state index in [1.807, 2.05) is 48.2 Å². The number of nitrogens with zero attached hydrogens (tertiary/aromatic N) is 3. The largest absolute Gasteiger partial charge is 0.495 e. The monoisotopic (exact) mass is 448 g/mol. The molecule has 0 unspecified atom stereocenters. The number of carbonyl (C=O) groups is 1. The number of amides is 1. The van der Waals surface area contributed by atoms with Gasteiger partial charge in [0.15, 0.2) is 5.11 Å². The van der Waals surface area contributed by atoms with Gasteiger partial charge in [0.2, 0.25) is 0 Å². The Kier molecular flexibility index (Phi) is 6.40. The van der Waals surface area contributed by atoms with Crippen molar-refractivity contribution in [2.24, 2.45) is 0 Å². The van der Waals surface area contributed by atoms with Crippen molar-refractivity contribution in [1.29, 1.82) is 5.26 Å². The molecule has 7 nitrogen and oxygen atoms in total. The lowest BCUT2D eigenvalue weighted by molar-refractivity contribution is -0.131. The van der Waals surface area contributed by atoms with Gasteiger partial charge in [-0.2, -0.15) is 5.26 Å². The van der Waals surface area contributed by atoms with E-state index in [-0.39, 0.29) is 5.91 Å². The quantitative estimate of drug-likeness (QED) is 0.720. The van der Waals surface area contributed by atoms with E-state index in [9.17, 15) is 10.1 Å². The lowest BCUT2D eigenvalue weighted by atomic mass is 9.92. The fourth-order valence-electron chi connectivity index (χ4n) is 4.10. The zero-order chi connectivity index (χ0) is 22.7. The van der Waals surface area contributed by atoms with Crippen molar-refractivity contribution < 1.29 is 14.3 Å². The maximum absolute atomic E-state index is 13.7. The zero-order valence-electron chi connectivity index (χ0n) is 18.0. The lowest BCUT2D eigenvalue weighted by Crippen LogP contribution is -2.51. The molecule has 2 aromatic carbocycles. The van der Waals surface area contributed by atoms with Crippen molar-refractivity contribution in [3.8, 4) is 11.8 Å². The van der Waals surface area contributed by atoms with Crippen molar-refractivity contribution in [3.63, 3.8) is 0 Å². The minimum atomic E-state index is -0.475. The van der Waals surface area contributed by atoms with E-state index < -0.39 is 6.04 Å². The fraction of sp³-hybridized carbons (Fsp3) is 0.292. The summed E-state index contributed by atoms with van der Waals surface area (Å²) in [6, 6.07) is 16.5. The molecule has 2 aliphatic heterocycles. The Hall–Kier alpha value is -3.41. The van der Waals surface area contributed by atoms with Gasteiger partial charge in [-0.05, 0) is 49.0 Å². The summed E-state index contributed by atoms with van der Waals surface area (Å²) >= 11 is 5.74. The Balaban J connectivity index is 1.86. The first-order valence-corrected chi connectivity index (χ1v) is 10.8. The average molecular weight is 449 g/mol. The highest BCUT2D eigenvalue weighted by atomic mass is 32.1. The van der Waals surface area contributed by atoms with Crippen LogP contribution in [-0.2, 0) is 9.53 Å². The van der Waals surface area contributed by atoms with Crippen LogP contribution in [0, 0.1) is 11.3 Å². The van der Waals surface area contributed by atoms with Crippen LogP contribution < -0.4 is 15.0 Å². The maximum Gasteiger partial charge on any atom is 0.254 e. The average Bonchev–Trinajstić information content (AvgIpc) is 2.84. The number of ether oxygens (including phenoxy) is 2. The Morgan fingerprint density at radius 1 is 1.22 bits per heavy atom. The van der Waals surface area contributed by atoms with Crippen molar-refractivity contribution >= 4 is 28.9 Å². The zero-order valence-corrected chi connectivity index (χ0v) is 18.8. The molecular weight excluding hydrogens is 424 g/mol. The molecule has 1 fully saturated rings. The molecule has 4 rings (SSSR count). The van der Waals surface area contributed by atoms with Gasteiger partial charge >= 0.3 is 0 Å². The normalized spacial score (nSPS) is 18.8. The predicted molar refractivity (Wildman–Crippen MR) is 125 cm³/mol. The Bertz CT molecular complexity index is 1120. The molecule has 0 bridgehead atoms. The van der Waals surface area contributed by atoms with Gasteiger partial charge in [-0.25, -0.2) is 0 Å². The summed E-state index contributed by atoms with van der Waals surface area (Å²) in [5.74, 6) is 0.576. The molecule has 2 aromatic rings. The molecule has 8 heteroatoms. The highest BCUT2D eigenvalue weighted by Crippen LogP contribution is 2.38. The Labute approximate surface area is 192 Å². The number of hydrogen-bond donors (Lipinski definition) is 1. The summed E-state index contributed by atoms with van der Waals surface area (Å²) in [5, 5.41) is 13.2. The van der Waals surface area contributed by atoms with Crippen LogP contribution in [-0.4, -0.2) is 49.3 Å². The predicted octanol–water partition coefficient (Wildman–Crippen LogP) is 3.14. The highest BCUT2D eigenvalue weighted by Gasteiger charge is 2.37. The maximum atomic E-state index is 13.7. The van der Waals surface area contributed by atoms with Crippen LogP contribution in [0.25, 0.3) is 0 Å². The topological polar surface area (TPSA) is 77.8 Å². The van der Waals surface area contributed by atoms with E-state index in [4.69, 9.17) is 21.7 Å². The summed E-state index contributed by atoms with van der Waals surface area (Å²) in [4.78, 5) is 17.4. The van der Waals surface area contributed by atoms with Gasteiger partial charge in [0.1, 0.15) is 5.75 Å². The number of morpholine rings is 1. The molecule has 1 amide bonds. The number of carbonyl (C=O) groups excluding carboxylic acids is 1. The van der Waals surface area contributed by atoms with Gasteiger partial charge < -0.3 is 19.7 Å². The van der Waals surface area contributed by atoms with Crippen molar-refractivity contribution in [1.82, 2.24) is 10.2 Å². The molecule has 164 valence electrons. The third-order valence-electron chi connectivity index (χ3n) is 5.69. The number of anilines is 1.